The molecule has 0 fully saturated rings. The number of carboxylic acids is 1. The minimum Gasteiger partial charge on any atom is -0.481 e. The van der Waals surface area contributed by atoms with E-state index in [4.69, 9.17) is 16.7 Å². The van der Waals surface area contributed by atoms with Crippen LogP contribution in [0.2, 0.25) is 0 Å². The van der Waals surface area contributed by atoms with E-state index >= 15 is 0 Å². The first-order valence-corrected chi connectivity index (χ1v) is 3.86. The highest BCUT2D eigenvalue weighted by atomic mass is 35.5. The van der Waals surface area contributed by atoms with Crippen molar-refractivity contribution in [1.82, 2.24) is 0 Å². The summed E-state index contributed by atoms with van der Waals surface area (Å²) in [6, 6.07) is 0. The van der Waals surface area contributed by atoms with Crippen molar-refractivity contribution in [2.75, 3.05) is 5.75 Å². The molecule has 7 heteroatoms. The lowest BCUT2D eigenvalue weighted by Crippen LogP contribution is -2.21. The van der Waals surface area contributed by atoms with Gasteiger partial charge in [-0.2, -0.15) is 13.2 Å². The fourth-order valence-electron chi connectivity index (χ4n) is 0.239. The monoisotopic (exact) mass is 208 g/mol. The molecule has 0 saturated heterocycles. The molecule has 66 valence electrons. The molecule has 0 saturated carbocycles. The van der Waals surface area contributed by atoms with E-state index in [2.05, 4.69) is 0 Å². The van der Waals surface area contributed by atoms with Crippen molar-refractivity contribution < 1.29 is 23.1 Å². The van der Waals surface area contributed by atoms with Crippen molar-refractivity contribution in [3.05, 3.63) is 0 Å². The Bertz CT molecular complexity index is 149. The highest BCUT2D eigenvalue weighted by Crippen LogP contribution is 2.32. The SMILES string of the molecule is O=C(O)CS[C@@H](Cl)C(F)(F)F. The molecule has 0 spiro atoms. The molecule has 0 unspecified atom stereocenters. The normalized spacial score (nSPS) is 14.5. The van der Waals surface area contributed by atoms with E-state index in [1.165, 1.54) is 0 Å². The quantitative estimate of drug-likeness (QED) is 0.721. The van der Waals surface area contributed by atoms with Gasteiger partial charge in [0.25, 0.3) is 0 Å². The summed E-state index contributed by atoms with van der Waals surface area (Å²) in [5, 5.41) is 7.98. The molecule has 1 atom stereocenters. The lowest BCUT2D eigenvalue weighted by molar-refractivity contribution is -0.133. The second-order valence-electron chi connectivity index (χ2n) is 1.56. The summed E-state index contributed by atoms with van der Waals surface area (Å²) >= 11 is 4.91. The Hall–Kier alpha value is -0.100. The van der Waals surface area contributed by atoms with E-state index < -0.39 is 22.6 Å². The van der Waals surface area contributed by atoms with Gasteiger partial charge in [-0.15, -0.1) is 23.4 Å². The Labute approximate surface area is 69.7 Å². The van der Waals surface area contributed by atoms with Crippen LogP contribution in [0.5, 0.6) is 0 Å². The molecule has 0 aromatic heterocycles. The zero-order chi connectivity index (χ0) is 9.07. The lowest BCUT2D eigenvalue weighted by Gasteiger charge is -2.10. The molecule has 0 bridgehead atoms. The van der Waals surface area contributed by atoms with Crippen LogP contribution in [0.3, 0.4) is 0 Å². The summed E-state index contributed by atoms with van der Waals surface area (Å²) in [5.41, 5.74) is 0. The maximum Gasteiger partial charge on any atom is 0.414 e. The van der Waals surface area contributed by atoms with Gasteiger partial charge in [-0.25, -0.2) is 0 Å². The van der Waals surface area contributed by atoms with Crippen molar-refractivity contribution in [2.24, 2.45) is 0 Å². The van der Waals surface area contributed by atoms with Gasteiger partial charge in [0.1, 0.15) is 0 Å². The zero-order valence-corrected chi connectivity index (χ0v) is 6.63. The molecule has 0 rings (SSSR count). The van der Waals surface area contributed by atoms with Gasteiger partial charge in [0.15, 0.2) is 4.71 Å². The number of hydrogen-bond donors (Lipinski definition) is 1. The fraction of sp³-hybridized carbons (Fsp3) is 0.750. The first kappa shape index (κ1) is 10.9. The average Bonchev–Trinajstić information content (AvgIpc) is 1.80. The largest absolute Gasteiger partial charge is 0.481 e. The summed E-state index contributed by atoms with van der Waals surface area (Å²) < 4.78 is 32.5. The molecule has 0 amide bonds. The molecule has 11 heavy (non-hydrogen) atoms. The first-order valence-electron chi connectivity index (χ1n) is 2.38. The Morgan fingerprint density at radius 1 is 1.64 bits per heavy atom. The Balaban J connectivity index is 3.70. The summed E-state index contributed by atoms with van der Waals surface area (Å²) in [4.78, 5) is 9.78. The standard InChI is InChI=1S/C4H4ClF3O2S/c5-3(4(6,7)8)11-1-2(9)10/h3H,1H2,(H,9,10)/t3-/m1/s1. The van der Waals surface area contributed by atoms with Crippen LogP contribution in [0.15, 0.2) is 0 Å². The molecular weight excluding hydrogens is 205 g/mol. The van der Waals surface area contributed by atoms with Gasteiger partial charge in [0.05, 0.1) is 5.75 Å². The van der Waals surface area contributed by atoms with E-state index in [1.54, 1.807) is 0 Å². The van der Waals surface area contributed by atoms with E-state index in [1.807, 2.05) is 0 Å². The number of carbonyl (C=O) groups is 1. The Kier molecular flexibility index (Phi) is 4.02. The molecule has 0 aliphatic rings. The summed E-state index contributed by atoms with van der Waals surface area (Å²) in [6.45, 7) is 0. The molecule has 2 nitrogen and oxygen atoms in total. The number of carboxylic acid groups (broad SMARTS) is 1. The zero-order valence-electron chi connectivity index (χ0n) is 5.06. The van der Waals surface area contributed by atoms with Crippen molar-refractivity contribution in [3.63, 3.8) is 0 Å². The summed E-state index contributed by atoms with van der Waals surface area (Å²) in [6.07, 6.45) is -4.54. The van der Waals surface area contributed by atoms with Gasteiger partial charge in [0.2, 0.25) is 0 Å². The van der Waals surface area contributed by atoms with Gasteiger partial charge in [-0.1, -0.05) is 0 Å². The maximum absolute atomic E-state index is 11.6. The highest BCUT2D eigenvalue weighted by Gasteiger charge is 2.38. The topological polar surface area (TPSA) is 37.3 Å². The number of hydrogen-bond acceptors (Lipinski definition) is 2. The number of halogens is 4. The molecule has 0 aliphatic carbocycles. The fourth-order valence-corrected chi connectivity index (χ4v) is 0.906. The van der Waals surface area contributed by atoms with Crippen molar-refractivity contribution in [1.29, 1.82) is 0 Å². The molecule has 1 N–H and O–H groups in total. The summed E-state index contributed by atoms with van der Waals surface area (Å²) in [7, 11) is 0. The third-order valence-electron chi connectivity index (χ3n) is 0.610. The predicted octanol–water partition coefficient (Wildman–Crippen LogP) is 1.93. The van der Waals surface area contributed by atoms with E-state index in [0.29, 0.717) is 0 Å². The van der Waals surface area contributed by atoms with Crippen LogP contribution in [0.25, 0.3) is 0 Å². The second-order valence-corrected chi connectivity index (χ2v) is 3.35. The van der Waals surface area contributed by atoms with E-state index in [-0.39, 0.29) is 11.8 Å². The number of alkyl halides is 4. The van der Waals surface area contributed by atoms with Crippen LogP contribution >= 0.6 is 23.4 Å². The van der Waals surface area contributed by atoms with Crippen LogP contribution in [-0.4, -0.2) is 27.7 Å². The van der Waals surface area contributed by atoms with E-state index in [0.717, 1.165) is 0 Å². The maximum atomic E-state index is 11.6. The number of aliphatic carboxylic acids is 1. The molecule has 0 aromatic carbocycles. The van der Waals surface area contributed by atoms with Crippen LogP contribution in [0, 0.1) is 0 Å². The molecule has 0 radical (unpaired) electrons. The van der Waals surface area contributed by atoms with Crippen molar-refractivity contribution in [3.8, 4) is 0 Å². The highest BCUT2D eigenvalue weighted by molar-refractivity contribution is 8.01. The molecule has 0 aliphatic heterocycles. The molecule has 0 aromatic rings. The predicted molar refractivity (Wildman–Crippen MR) is 35.8 cm³/mol. The Morgan fingerprint density at radius 2 is 2.09 bits per heavy atom. The Morgan fingerprint density at radius 3 is 2.36 bits per heavy atom. The average molecular weight is 209 g/mol. The minimum atomic E-state index is -4.54. The third-order valence-corrected chi connectivity index (χ3v) is 2.21. The first-order chi connectivity index (χ1) is 4.84. The number of rotatable bonds is 3. The molecular formula is C4H4ClF3O2S. The van der Waals surface area contributed by atoms with Crippen LogP contribution in [0.1, 0.15) is 0 Å². The van der Waals surface area contributed by atoms with Crippen LogP contribution < -0.4 is 0 Å². The van der Waals surface area contributed by atoms with Gasteiger partial charge in [-0.3, -0.25) is 4.79 Å². The summed E-state index contributed by atoms with van der Waals surface area (Å²) in [5.74, 6) is -1.96. The van der Waals surface area contributed by atoms with Gasteiger partial charge in [0, 0.05) is 0 Å². The minimum absolute atomic E-state index is 0.132. The van der Waals surface area contributed by atoms with Crippen LogP contribution in [-0.2, 0) is 4.79 Å². The molecule has 0 heterocycles. The van der Waals surface area contributed by atoms with Gasteiger partial charge < -0.3 is 5.11 Å². The van der Waals surface area contributed by atoms with Crippen LogP contribution in [0.4, 0.5) is 13.2 Å². The van der Waals surface area contributed by atoms with E-state index in [9.17, 15) is 18.0 Å². The van der Waals surface area contributed by atoms with Gasteiger partial charge in [-0.05, 0) is 0 Å². The van der Waals surface area contributed by atoms with Crippen molar-refractivity contribution in [2.45, 2.75) is 10.9 Å². The number of thioether (sulfide) groups is 1. The van der Waals surface area contributed by atoms with Crippen molar-refractivity contribution >= 4 is 29.3 Å². The lowest BCUT2D eigenvalue weighted by atomic mass is 10.8. The van der Waals surface area contributed by atoms with Gasteiger partial charge >= 0.3 is 12.1 Å². The second kappa shape index (κ2) is 4.06. The smallest absolute Gasteiger partial charge is 0.414 e. The third kappa shape index (κ3) is 5.20.